The molecule has 0 unspecified atom stereocenters. The van der Waals surface area contributed by atoms with E-state index in [2.05, 4.69) is 10.3 Å². The van der Waals surface area contributed by atoms with Crippen LogP contribution >= 0.6 is 11.3 Å². The van der Waals surface area contributed by atoms with Gasteiger partial charge in [0.2, 0.25) is 0 Å². The fourth-order valence-corrected chi connectivity index (χ4v) is 3.86. The Morgan fingerprint density at radius 3 is 2.86 bits per heavy atom. The quantitative estimate of drug-likeness (QED) is 0.472. The molecule has 4 aromatic rings. The van der Waals surface area contributed by atoms with Gasteiger partial charge in [0.05, 0.1) is 36.3 Å². The molecule has 0 bridgehead atoms. The van der Waals surface area contributed by atoms with Crippen molar-refractivity contribution in [1.82, 2.24) is 9.55 Å². The lowest BCUT2D eigenvalue weighted by molar-refractivity contribution is 0.0999. The number of nitrogens with one attached hydrogen (secondary N) is 1. The van der Waals surface area contributed by atoms with Crippen molar-refractivity contribution in [2.45, 2.75) is 20.0 Å². The number of carbonyl (C=O) groups excluding carboxylic acids is 1. The maximum Gasteiger partial charge on any atom is 0.250 e. The third kappa shape index (κ3) is 3.93. The lowest BCUT2D eigenvalue weighted by Crippen LogP contribution is -2.13. The lowest BCUT2D eigenvalue weighted by atomic mass is 10.2. The summed E-state index contributed by atoms with van der Waals surface area (Å²) in [6.07, 6.45) is 1.62. The summed E-state index contributed by atoms with van der Waals surface area (Å²) in [5.41, 5.74) is 8.53. The van der Waals surface area contributed by atoms with Gasteiger partial charge in [-0.2, -0.15) is 0 Å². The zero-order valence-corrected chi connectivity index (χ0v) is 16.5. The maximum absolute atomic E-state index is 14.2. The summed E-state index contributed by atoms with van der Waals surface area (Å²) >= 11 is 1.44. The molecule has 3 heterocycles. The molecule has 6 nitrogen and oxygen atoms in total. The van der Waals surface area contributed by atoms with Gasteiger partial charge in [-0.15, -0.1) is 11.3 Å². The number of hydrogen-bond donors (Lipinski definition) is 2. The number of halogens is 1. The number of nitrogens with zero attached hydrogens (tertiary/aromatic N) is 2. The Balaban J connectivity index is 1.67. The molecule has 0 aliphatic heterocycles. The number of aromatic nitrogens is 2. The number of thiazole rings is 1. The Bertz CT molecular complexity index is 1150. The van der Waals surface area contributed by atoms with Crippen molar-refractivity contribution in [3.63, 3.8) is 0 Å². The molecule has 1 amide bonds. The summed E-state index contributed by atoms with van der Waals surface area (Å²) in [7, 11) is 0. The van der Waals surface area contributed by atoms with Crippen molar-refractivity contribution in [3.8, 4) is 11.4 Å². The van der Waals surface area contributed by atoms with Gasteiger partial charge in [-0.25, -0.2) is 9.37 Å². The number of amides is 1. The smallest absolute Gasteiger partial charge is 0.250 e. The molecular formula is C21H19FN4O2S. The van der Waals surface area contributed by atoms with E-state index in [4.69, 9.17) is 10.2 Å². The average Bonchev–Trinajstić information content (AvgIpc) is 3.43. The molecule has 0 saturated carbocycles. The summed E-state index contributed by atoms with van der Waals surface area (Å²) < 4.78 is 21.4. The van der Waals surface area contributed by atoms with Crippen LogP contribution in [0.15, 0.2) is 58.5 Å². The summed E-state index contributed by atoms with van der Waals surface area (Å²) in [5, 5.41) is 5.82. The zero-order chi connectivity index (χ0) is 20.4. The summed E-state index contributed by atoms with van der Waals surface area (Å²) in [6.45, 7) is 2.59. The molecule has 3 N–H and O–H groups in total. The second kappa shape index (κ2) is 7.92. The predicted molar refractivity (Wildman–Crippen MR) is 110 cm³/mol. The van der Waals surface area contributed by atoms with Crippen molar-refractivity contribution in [3.05, 3.63) is 82.5 Å². The van der Waals surface area contributed by atoms with Gasteiger partial charge in [-0.1, -0.05) is 18.2 Å². The number of anilines is 1. The summed E-state index contributed by atoms with van der Waals surface area (Å²) in [5.74, 6) is -0.0229. The van der Waals surface area contributed by atoms with E-state index < -0.39 is 5.91 Å². The van der Waals surface area contributed by atoms with Gasteiger partial charge in [0, 0.05) is 16.6 Å². The molecule has 29 heavy (non-hydrogen) atoms. The molecule has 0 aliphatic rings. The minimum atomic E-state index is -0.526. The molecular weight excluding hydrogens is 391 g/mol. The van der Waals surface area contributed by atoms with Crippen LogP contribution in [0.1, 0.15) is 27.4 Å². The summed E-state index contributed by atoms with van der Waals surface area (Å²) in [4.78, 5) is 16.5. The molecule has 3 aromatic heterocycles. The molecule has 4 rings (SSSR count). The predicted octanol–water partition coefficient (Wildman–Crippen LogP) is 4.41. The van der Waals surface area contributed by atoms with E-state index in [0.717, 1.165) is 5.76 Å². The Kier molecular flexibility index (Phi) is 5.18. The fraction of sp³-hybridized carbons (Fsp3) is 0.143. The van der Waals surface area contributed by atoms with Gasteiger partial charge in [0.25, 0.3) is 5.91 Å². The van der Waals surface area contributed by atoms with Crippen LogP contribution < -0.4 is 11.1 Å². The van der Waals surface area contributed by atoms with E-state index in [1.807, 2.05) is 22.1 Å². The monoisotopic (exact) mass is 410 g/mol. The molecule has 0 saturated heterocycles. The van der Waals surface area contributed by atoms with E-state index >= 15 is 0 Å². The van der Waals surface area contributed by atoms with E-state index in [1.165, 1.54) is 17.4 Å². The first-order valence-electron chi connectivity index (χ1n) is 8.98. The fourth-order valence-electron chi connectivity index (χ4n) is 3.16. The van der Waals surface area contributed by atoms with E-state index in [-0.39, 0.29) is 12.4 Å². The van der Waals surface area contributed by atoms with Gasteiger partial charge < -0.3 is 20.0 Å². The number of hydrogen-bond acceptors (Lipinski definition) is 5. The average molecular weight is 410 g/mol. The molecule has 8 heteroatoms. The van der Waals surface area contributed by atoms with Crippen LogP contribution in [0.25, 0.3) is 11.4 Å². The normalized spacial score (nSPS) is 11.0. The van der Waals surface area contributed by atoms with Gasteiger partial charge in [0.15, 0.2) is 5.13 Å². The third-order valence-electron chi connectivity index (χ3n) is 4.68. The van der Waals surface area contributed by atoms with Crippen LogP contribution in [-0.4, -0.2) is 15.5 Å². The standard InChI is InChI=1S/C21H19FN4O2S/c1-13-16(20(23)27)9-19(26(13)11-14-5-2-3-7-17(14)22)18-12-29-21(25-18)24-10-15-6-4-8-28-15/h2-9,12H,10-11H2,1H3,(H2,23,27)(H,24,25). The number of benzene rings is 1. The van der Waals surface area contributed by atoms with E-state index in [1.54, 1.807) is 37.5 Å². The first-order valence-corrected chi connectivity index (χ1v) is 9.86. The molecule has 0 aliphatic carbocycles. The van der Waals surface area contributed by atoms with Crippen LogP contribution in [0.2, 0.25) is 0 Å². The van der Waals surface area contributed by atoms with Crippen LogP contribution in [0.5, 0.6) is 0 Å². The molecule has 0 atom stereocenters. The van der Waals surface area contributed by atoms with Crippen LogP contribution in [-0.2, 0) is 13.1 Å². The topological polar surface area (TPSA) is 86.1 Å². The highest BCUT2D eigenvalue weighted by atomic mass is 32.1. The number of rotatable bonds is 7. The van der Waals surface area contributed by atoms with Crippen LogP contribution in [0.3, 0.4) is 0 Å². The summed E-state index contributed by atoms with van der Waals surface area (Å²) in [6, 6.07) is 12.0. The zero-order valence-electron chi connectivity index (χ0n) is 15.7. The van der Waals surface area contributed by atoms with Gasteiger partial charge >= 0.3 is 0 Å². The molecule has 1 aromatic carbocycles. The van der Waals surface area contributed by atoms with Gasteiger partial charge in [-0.05, 0) is 31.2 Å². The Morgan fingerprint density at radius 2 is 2.14 bits per heavy atom. The van der Waals surface area contributed by atoms with Crippen molar-refractivity contribution >= 4 is 22.4 Å². The van der Waals surface area contributed by atoms with E-state index in [0.29, 0.717) is 39.9 Å². The van der Waals surface area contributed by atoms with Crippen molar-refractivity contribution < 1.29 is 13.6 Å². The Labute approximate surface area is 170 Å². The van der Waals surface area contributed by atoms with E-state index in [9.17, 15) is 9.18 Å². The minimum absolute atomic E-state index is 0.272. The Morgan fingerprint density at radius 1 is 1.31 bits per heavy atom. The molecule has 148 valence electrons. The van der Waals surface area contributed by atoms with Gasteiger partial charge in [0.1, 0.15) is 11.6 Å². The second-order valence-corrected chi connectivity index (χ2v) is 7.40. The lowest BCUT2D eigenvalue weighted by Gasteiger charge is -2.11. The molecule has 0 spiro atoms. The van der Waals surface area contributed by atoms with Crippen molar-refractivity contribution in [2.24, 2.45) is 5.73 Å². The number of carbonyl (C=O) groups is 1. The first-order chi connectivity index (χ1) is 14.0. The molecule has 0 radical (unpaired) electrons. The minimum Gasteiger partial charge on any atom is -0.467 e. The first kappa shape index (κ1) is 18.9. The number of furan rings is 1. The SMILES string of the molecule is Cc1c(C(N)=O)cc(-c2csc(NCc3ccco3)n2)n1Cc1ccccc1F. The number of nitrogens with two attached hydrogens (primary N) is 1. The van der Waals surface area contributed by atoms with Crippen molar-refractivity contribution in [1.29, 1.82) is 0 Å². The molecule has 0 fully saturated rings. The maximum atomic E-state index is 14.2. The third-order valence-corrected chi connectivity index (χ3v) is 5.48. The number of primary amides is 1. The van der Waals surface area contributed by atoms with Crippen molar-refractivity contribution in [2.75, 3.05) is 5.32 Å². The highest BCUT2D eigenvalue weighted by molar-refractivity contribution is 7.14. The van der Waals surface area contributed by atoms with Crippen LogP contribution in [0.4, 0.5) is 9.52 Å². The highest BCUT2D eigenvalue weighted by Gasteiger charge is 2.19. The highest BCUT2D eigenvalue weighted by Crippen LogP contribution is 2.30. The Hall–Kier alpha value is -3.39. The van der Waals surface area contributed by atoms with Gasteiger partial charge in [-0.3, -0.25) is 4.79 Å². The second-order valence-electron chi connectivity index (χ2n) is 6.54. The largest absolute Gasteiger partial charge is 0.467 e. The van der Waals surface area contributed by atoms with Crippen LogP contribution in [0, 0.1) is 12.7 Å².